The molecule has 0 N–H and O–H groups in total. The molecule has 0 aliphatic carbocycles. The molecular formula is C57H110O6. The van der Waals surface area contributed by atoms with E-state index in [1.165, 1.54) is 218 Å². The summed E-state index contributed by atoms with van der Waals surface area (Å²) < 4.78 is 16.9. The van der Waals surface area contributed by atoms with Crippen LogP contribution in [-0.2, 0) is 28.6 Å². The number of hydrogen-bond acceptors (Lipinski definition) is 6. The van der Waals surface area contributed by atoms with Gasteiger partial charge in [0.1, 0.15) is 13.2 Å². The molecule has 0 bridgehead atoms. The standard InChI is InChI=1S/C57H110O6/c1-5-7-9-11-13-15-17-19-20-21-22-23-24-26-27-32-36-40-44-48-55(58)61-51-54(63-57(60)50-46-42-38-34-28-25-18-16-14-12-10-8-6-2)52-62-56(59)49-45-41-37-33-30-29-31-35-39-43-47-53(3)4/h53-54H,5-52H2,1-4H3/t54-/m1/s1. The molecule has 0 aromatic rings. The van der Waals surface area contributed by atoms with E-state index in [0.29, 0.717) is 19.3 Å². The van der Waals surface area contributed by atoms with Crippen molar-refractivity contribution in [3.05, 3.63) is 0 Å². The van der Waals surface area contributed by atoms with Crippen LogP contribution < -0.4 is 0 Å². The van der Waals surface area contributed by atoms with Crippen LogP contribution in [0, 0.1) is 5.92 Å². The van der Waals surface area contributed by atoms with Crippen molar-refractivity contribution in [2.24, 2.45) is 5.92 Å². The molecule has 0 saturated carbocycles. The largest absolute Gasteiger partial charge is 0.462 e. The van der Waals surface area contributed by atoms with Crippen molar-refractivity contribution < 1.29 is 28.6 Å². The Morgan fingerprint density at radius 1 is 0.302 bits per heavy atom. The van der Waals surface area contributed by atoms with E-state index in [1.54, 1.807) is 0 Å². The zero-order chi connectivity index (χ0) is 45.9. The minimum absolute atomic E-state index is 0.0622. The maximum atomic E-state index is 12.8. The highest BCUT2D eigenvalue weighted by Crippen LogP contribution is 2.18. The summed E-state index contributed by atoms with van der Waals surface area (Å²) in [6.07, 6.45) is 55.2. The SMILES string of the molecule is CCCCCCCCCCCCCCCCCCCCCC(=O)OC[C@H](COC(=O)CCCCCCCCCCCCC(C)C)OC(=O)CCCCCCCCCCCCCCC. The smallest absolute Gasteiger partial charge is 0.306 e. The van der Waals surface area contributed by atoms with Crippen molar-refractivity contribution in [3.63, 3.8) is 0 Å². The van der Waals surface area contributed by atoms with Crippen LogP contribution in [0.25, 0.3) is 0 Å². The number of ether oxygens (including phenoxy) is 3. The predicted octanol–water partition coefficient (Wildman–Crippen LogP) is 18.6. The Bertz CT molecular complexity index is 949. The van der Waals surface area contributed by atoms with E-state index in [4.69, 9.17) is 14.2 Å². The van der Waals surface area contributed by atoms with Gasteiger partial charge in [0.2, 0.25) is 0 Å². The lowest BCUT2D eigenvalue weighted by Gasteiger charge is -2.18. The van der Waals surface area contributed by atoms with Crippen molar-refractivity contribution in [2.45, 2.75) is 329 Å². The zero-order valence-corrected chi connectivity index (χ0v) is 43.0. The molecule has 6 nitrogen and oxygen atoms in total. The van der Waals surface area contributed by atoms with Crippen molar-refractivity contribution in [3.8, 4) is 0 Å². The highest BCUT2D eigenvalue weighted by molar-refractivity contribution is 5.71. The van der Waals surface area contributed by atoms with Gasteiger partial charge in [0.05, 0.1) is 0 Å². The van der Waals surface area contributed by atoms with Gasteiger partial charge in [0, 0.05) is 19.3 Å². The number of carbonyl (C=O) groups excluding carboxylic acids is 3. The van der Waals surface area contributed by atoms with Gasteiger partial charge in [-0.1, -0.05) is 285 Å². The lowest BCUT2D eigenvalue weighted by Crippen LogP contribution is -2.30. The monoisotopic (exact) mass is 891 g/mol. The summed E-state index contributed by atoms with van der Waals surface area (Å²) in [5, 5.41) is 0. The first-order valence-corrected chi connectivity index (χ1v) is 28.4. The van der Waals surface area contributed by atoms with Crippen LogP contribution in [0.4, 0.5) is 0 Å². The Labute approximate surface area is 393 Å². The summed E-state index contributed by atoms with van der Waals surface area (Å²) in [5.74, 6) is -0.0200. The van der Waals surface area contributed by atoms with Gasteiger partial charge in [-0.2, -0.15) is 0 Å². The molecule has 0 heterocycles. The van der Waals surface area contributed by atoms with E-state index in [-0.39, 0.29) is 31.1 Å². The van der Waals surface area contributed by atoms with Crippen LogP contribution in [0.15, 0.2) is 0 Å². The molecule has 0 amide bonds. The molecule has 0 aromatic carbocycles. The molecule has 0 aliphatic heterocycles. The van der Waals surface area contributed by atoms with E-state index in [2.05, 4.69) is 27.7 Å². The highest BCUT2D eigenvalue weighted by atomic mass is 16.6. The first-order chi connectivity index (χ1) is 30.9. The highest BCUT2D eigenvalue weighted by Gasteiger charge is 2.19. The van der Waals surface area contributed by atoms with Crippen LogP contribution >= 0.6 is 0 Å². The van der Waals surface area contributed by atoms with Gasteiger partial charge in [-0.05, 0) is 25.2 Å². The lowest BCUT2D eigenvalue weighted by atomic mass is 10.0. The van der Waals surface area contributed by atoms with Crippen LogP contribution in [-0.4, -0.2) is 37.2 Å². The molecule has 63 heavy (non-hydrogen) atoms. The van der Waals surface area contributed by atoms with Crippen LogP contribution in [0.2, 0.25) is 0 Å². The second kappa shape index (κ2) is 51.4. The summed E-state index contributed by atoms with van der Waals surface area (Å²) in [4.78, 5) is 38.1. The fourth-order valence-electron chi connectivity index (χ4n) is 8.75. The molecule has 0 aliphatic rings. The molecule has 0 radical (unpaired) electrons. The maximum Gasteiger partial charge on any atom is 0.306 e. The summed E-state index contributed by atoms with van der Waals surface area (Å²) in [6.45, 7) is 9.04. The summed E-state index contributed by atoms with van der Waals surface area (Å²) in [6, 6.07) is 0. The Hall–Kier alpha value is -1.59. The molecule has 0 aromatic heterocycles. The maximum absolute atomic E-state index is 12.8. The Morgan fingerprint density at radius 3 is 0.778 bits per heavy atom. The molecule has 0 spiro atoms. The number of unbranched alkanes of at least 4 members (excludes halogenated alkanes) is 39. The van der Waals surface area contributed by atoms with Gasteiger partial charge < -0.3 is 14.2 Å². The third kappa shape index (κ3) is 51.3. The first-order valence-electron chi connectivity index (χ1n) is 28.4. The summed E-state index contributed by atoms with van der Waals surface area (Å²) >= 11 is 0. The summed E-state index contributed by atoms with van der Waals surface area (Å²) in [5.41, 5.74) is 0. The fourth-order valence-corrected chi connectivity index (χ4v) is 8.75. The number of esters is 3. The molecule has 6 heteroatoms. The molecule has 0 saturated heterocycles. The van der Waals surface area contributed by atoms with Gasteiger partial charge in [0.15, 0.2) is 6.10 Å². The van der Waals surface area contributed by atoms with Crippen LogP contribution in [0.1, 0.15) is 323 Å². The Kier molecular flexibility index (Phi) is 50.1. The lowest BCUT2D eigenvalue weighted by molar-refractivity contribution is -0.167. The normalized spacial score (nSPS) is 12.0. The van der Waals surface area contributed by atoms with Gasteiger partial charge in [-0.3, -0.25) is 14.4 Å². The molecule has 0 rings (SSSR count). The van der Waals surface area contributed by atoms with Crippen molar-refractivity contribution >= 4 is 17.9 Å². The van der Waals surface area contributed by atoms with E-state index in [1.807, 2.05) is 0 Å². The zero-order valence-electron chi connectivity index (χ0n) is 43.0. The van der Waals surface area contributed by atoms with E-state index in [0.717, 1.165) is 63.7 Å². The predicted molar refractivity (Wildman–Crippen MR) is 270 cm³/mol. The van der Waals surface area contributed by atoms with Crippen molar-refractivity contribution in [1.29, 1.82) is 0 Å². The second-order valence-electron chi connectivity index (χ2n) is 20.1. The van der Waals surface area contributed by atoms with Gasteiger partial charge in [-0.25, -0.2) is 0 Å². The van der Waals surface area contributed by atoms with E-state index >= 15 is 0 Å². The van der Waals surface area contributed by atoms with Gasteiger partial charge >= 0.3 is 17.9 Å². The first kappa shape index (κ1) is 61.4. The average molecular weight is 892 g/mol. The van der Waals surface area contributed by atoms with E-state index in [9.17, 15) is 14.4 Å². The molecular weight excluding hydrogens is 781 g/mol. The molecule has 1 atom stereocenters. The van der Waals surface area contributed by atoms with E-state index < -0.39 is 6.10 Å². The second-order valence-corrected chi connectivity index (χ2v) is 20.1. The van der Waals surface area contributed by atoms with Crippen molar-refractivity contribution in [2.75, 3.05) is 13.2 Å². The molecule has 0 unspecified atom stereocenters. The Morgan fingerprint density at radius 2 is 0.524 bits per heavy atom. The van der Waals surface area contributed by atoms with Gasteiger partial charge in [-0.15, -0.1) is 0 Å². The van der Waals surface area contributed by atoms with Crippen LogP contribution in [0.5, 0.6) is 0 Å². The van der Waals surface area contributed by atoms with Gasteiger partial charge in [0.25, 0.3) is 0 Å². The number of rotatable bonds is 52. The summed E-state index contributed by atoms with van der Waals surface area (Å²) in [7, 11) is 0. The number of hydrogen-bond donors (Lipinski definition) is 0. The topological polar surface area (TPSA) is 78.9 Å². The van der Waals surface area contributed by atoms with Crippen molar-refractivity contribution in [1.82, 2.24) is 0 Å². The number of carbonyl (C=O) groups is 3. The molecule has 0 fully saturated rings. The average Bonchev–Trinajstić information content (AvgIpc) is 3.27. The van der Waals surface area contributed by atoms with Crippen LogP contribution in [0.3, 0.4) is 0 Å². The minimum Gasteiger partial charge on any atom is -0.462 e. The Balaban J connectivity index is 4.26. The minimum atomic E-state index is -0.761. The third-order valence-electron chi connectivity index (χ3n) is 13.0. The fraction of sp³-hybridized carbons (Fsp3) is 0.947. The quantitative estimate of drug-likeness (QED) is 0.0344. The third-order valence-corrected chi connectivity index (χ3v) is 13.0. The molecule has 374 valence electrons.